The number of carbonyl (C=O) groups excluding carboxylic acids is 2. The summed E-state index contributed by atoms with van der Waals surface area (Å²) in [6.07, 6.45) is 1.20. The van der Waals surface area contributed by atoms with Gasteiger partial charge in [-0.2, -0.15) is 0 Å². The van der Waals surface area contributed by atoms with Crippen LogP contribution in [-0.4, -0.2) is 45.9 Å². The number of hydrogen-bond acceptors (Lipinski definition) is 5. The number of aromatic nitrogens is 2. The van der Waals surface area contributed by atoms with Crippen molar-refractivity contribution in [1.82, 2.24) is 19.8 Å². The molecule has 1 saturated heterocycles. The minimum absolute atomic E-state index is 0.00787. The van der Waals surface area contributed by atoms with Crippen LogP contribution in [0.15, 0.2) is 48.5 Å². The van der Waals surface area contributed by atoms with Crippen molar-refractivity contribution >= 4 is 23.3 Å². The molecule has 1 atom stereocenters. The number of carbonyl (C=O) groups is 2. The smallest absolute Gasteiger partial charge is 0.267 e. The molecule has 3 aromatic rings. The van der Waals surface area contributed by atoms with Crippen LogP contribution in [0.2, 0.25) is 0 Å². The monoisotopic (exact) mass is 448 g/mol. The van der Waals surface area contributed by atoms with Crippen molar-refractivity contribution in [3.63, 3.8) is 0 Å². The van der Waals surface area contributed by atoms with E-state index < -0.39 is 5.41 Å². The molecule has 2 heterocycles. The topological polar surface area (TPSA) is 75.2 Å². The van der Waals surface area contributed by atoms with Gasteiger partial charge in [0.1, 0.15) is 4.88 Å². The molecule has 1 aliphatic rings. The Morgan fingerprint density at radius 1 is 1.16 bits per heavy atom. The molecule has 1 aromatic heterocycles. The largest absolute Gasteiger partial charge is 0.356 e. The van der Waals surface area contributed by atoms with Gasteiger partial charge in [-0.15, -0.1) is 5.10 Å². The van der Waals surface area contributed by atoms with Crippen LogP contribution in [0, 0.1) is 19.3 Å². The van der Waals surface area contributed by atoms with E-state index in [0.29, 0.717) is 43.0 Å². The van der Waals surface area contributed by atoms with Gasteiger partial charge in [0.05, 0.1) is 11.1 Å². The van der Waals surface area contributed by atoms with E-state index in [4.69, 9.17) is 0 Å². The summed E-state index contributed by atoms with van der Waals surface area (Å²) < 4.78 is 3.90. The highest BCUT2D eigenvalue weighted by atomic mass is 32.1. The zero-order valence-electron chi connectivity index (χ0n) is 18.7. The van der Waals surface area contributed by atoms with Gasteiger partial charge in [-0.3, -0.25) is 9.59 Å². The fraction of sp³-hybridized carbons (Fsp3) is 0.360. The van der Waals surface area contributed by atoms with E-state index >= 15 is 0 Å². The Morgan fingerprint density at radius 3 is 2.69 bits per heavy atom. The minimum atomic E-state index is -0.669. The highest BCUT2D eigenvalue weighted by molar-refractivity contribution is 7.07. The SMILES string of the molecule is CCNC(=O)[C@@]1(Cc2ccccc2-c2cccc(C)c2)CCN(C(=O)c2snnc2C)C1. The molecular formula is C25H28N4O2S. The quantitative estimate of drug-likeness (QED) is 0.618. The first kappa shape index (κ1) is 22.1. The lowest BCUT2D eigenvalue weighted by Gasteiger charge is -2.29. The molecule has 1 fully saturated rings. The number of nitrogens with zero attached hydrogens (tertiary/aromatic N) is 3. The highest BCUT2D eigenvalue weighted by Gasteiger charge is 2.46. The van der Waals surface area contributed by atoms with Crippen LogP contribution in [0.4, 0.5) is 0 Å². The summed E-state index contributed by atoms with van der Waals surface area (Å²) in [6, 6.07) is 16.7. The molecule has 166 valence electrons. The van der Waals surface area contributed by atoms with E-state index in [1.807, 2.05) is 19.1 Å². The molecule has 0 spiro atoms. The fourth-order valence-electron chi connectivity index (χ4n) is 4.51. The summed E-state index contributed by atoms with van der Waals surface area (Å²) in [4.78, 5) is 28.8. The van der Waals surface area contributed by atoms with Crippen molar-refractivity contribution in [3.05, 3.63) is 70.2 Å². The number of nitrogens with one attached hydrogen (secondary N) is 1. The number of likely N-dealkylation sites (tertiary alicyclic amines) is 1. The molecule has 32 heavy (non-hydrogen) atoms. The second-order valence-electron chi connectivity index (χ2n) is 8.51. The van der Waals surface area contributed by atoms with Crippen molar-refractivity contribution in [2.45, 2.75) is 33.6 Å². The average Bonchev–Trinajstić information content (AvgIpc) is 3.41. The van der Waals surface area contributed by atoms with E-state index in [1.54, 1.807) is 11.8 Å². The standard InChI is InChI=1S/C25H28N4O2S/c1-4-26-24(31)25(12-13-29(16-25)23(30)22-18(3)27-28-32-22)15-20-9-5-6-11-21(20)19-10-7-8-17(2)14-19/h5-11,14H,4,12-13,15-16H2,1-3H3,(H,26,31)/t25-/m1/s1. The van der Waals surface area contributed by atoms with E-state index in [0.717, 1.165) is 28.2 Å². The Bertz CT molecular complexity index is 1140. The zero-order chi connectivity index (χ0) is 22.7. The van der Waals surface area contributed by atoms with Crippen molar-refractivity contribution < 1.29 is 9.59 Å². The fourth-order valence-corrected chi connectivity index (χ4v) is 5.13. The predicted molar refractivity (Wildman–Crippen MR) is 127 cm³/mol. The number of benzene rings is 2. The maximum Gasteiger partial charge on any atom is 0.267 e. The second kappa shape index (κ2) is 9.20. The number of hydrogen-bond donors (Lipinski definition) is 1. The molecule has 0 aliphatic carbocycles. The summed E-state index contributed by atoms with van der Waals surface area (Å²) in [5.74, 6) is -0.0795. The molecule has 1 N–H and O–H groups in total. The number of amides is 2. The average molecular weight is 449 g/mol. The number of aryl methyl sites for hydroxylation is 2. The Labute approximate surface area is 192 Å². The third-order valence-corrected chi connectivity index (χ3v) is 7.00. The van der Waals surface area contributed by atoms with Crippen LogP contribution < -0.4 is 5.32 Å². The maximum atomic E-state index is 13.3. The van der Waals surface area contributed by atoms with Crippen molar-refractivity contribution in [1.29, 1.82) is 0 Å². The first-order valence-corrected chi connectivity index (χ1v) is 11.7. The van der Waals surface area contributed by atoms with E-state index in [2.05, 4.69) is 58.2 Å². The van der Waals surface area contributed by atoms with Crippen LogP contribution in [0.1, 0.15) is 39.8 Å². The molecule has 7 heteroatoms. The molecular weight excluding hydrogens is 420 g/mol. The molecule has 0 radical (unpaired) electrons. The molecule has 2 amide bonds. The van der Waals surface area contributed by atoms with Crippen molar-refractivity contribution in [2.75, 3.05) is 19.6 Å². The Balaban J connectivity index is 1.67. The summed E-state index contributed by atoms with van der Waals surface area (Å²) in [6.45, 7) is 7.29. The Hall–Kier alpha value is -3.06. The lowest BCUT2D eigenvalue weighted by molar-refractivity contribution is -0.130. The summed E-state index contributed by atoms with van der Waals surface area (Å²) >= 11 is 1.12. The van der Waals surface area contributed by atoms with Gasteiger partial charge in [-0.05, 0) is 61.8 Å². The molecule has 1 aliphatic heterocycles. The van der Waals surface area contributed by atoms with Gasteiger partial charge in [0.2, 0.25) is 5.91 Å². The highest BCUT2D eigenvalue weighted by Crippen LogP contribution is 2.38. The molecule has 2 aromatic carbocycles. The van der Waals surface area contributed by atoms with E-state index in [1.165, 1.54) is 5.56 Å². The summed E-state index contributed by atoms with van der Waals surface area (Å²) in [5, 5.41) is 7.00. The van der Waals surface area contributed by atoms with Crippen LogP contribution in [0.3, 0.4) is 0 Å². The lowest BCUT2D eigenvalue weighted by Crippen LogP contribution is -2.45. The van der Waals surface area contributed by atoms with E-state index in [-0.39, 0.29) is 11.8 Å². The van der Waals surface area contributed by atoms with Crippen molar-refractivity contribution in [3.8, 4) is 11.1 Å². The zero-order valence-corrected chi connectivity index (χ0v) is 19.5. The number of rotatable bonds is 6. The first-order valence-electron chi connectivity index (χ1n) is 10.9. The summed E-state index contributed by atoms with van der Waals surface area (Å²) in [5.41, 5.74) is 4.56. The molecule has 0 bridgehead atoms. The Kier molecular flexibility index (Phi) is 6.37. The maximum absolute atomic E-state index is 13.3. The molecule has 0 saturated carbocycles. The normalized spacial score (nSPS) is 18.0. The van der Waals surface area contributed by atoms with Gasteiger partial charge in [-0.25, -0.2) is 0 Å². The predicted octanol–water partition coefficient (Wildman–Crippen LogP) is 4.03. The van der Waals surface area contributed by atoms with Gasteiger partial charge < -0.3 is 10.2 Å². The van der Waals surface area contributed by atoms with Gasteiger partial charge in [0.15, 0.2) is 0 Å². The Morgan fingerprint density at radius 2 is 1.97 bits per heavy atom. The molecule has 6 nitrogen and oxygen atoms in total. The van der Waals surface area contributed by atoms with Gasteiger partial charge in [0.25, 0.3) is 5.91 Å². The van der Waals surface area contributed by atoms with Crippen LogP contribution >= 0.6 is 11.5 Å². The van der Waals surface area contributed by atoms with Crippen molar-refractivity contribution in [2.24, 2.45) is 5.41 Å². The third kappa shape index (κ3) is 4.30. The van der Waals surface area contributed by atoms with Crippen LogP contribution in [-0.2, 0) is 11.2 Å². The van der Waals surface area contributed by atoms with Crippen LogP contribution in [0.5, 0.6) is 0 Å². The third-order valence-electron chi connectivity index (χ3n) is 6.18. The van der Waals surface area contributed by atoms with Gasteiger partial charge >= 0.3 is 0 Å². The second-order valence-corrected chi connectivity index (χ2v) is 9.26. The first-order chi connectivity index (χ1) is 15.4. The molecule has 4 rings (SSSR count). The van der Waals surface area contributed by atoms with Gasteiger partial charge in [-0.1, -0.05) is 58.6 Å². The molecule has 0 unspecified atom stereocenters. The van der Waals surface area contributed by atoms with Crippen LogP contribution in [0.25, 0.3) is 11.1 Å². The minimum Gasteiger partial charge on any atom is -0.356 e. The van der Waals surface area contributed by atoms with Gasteiger partial charge in [0, 0.05) is 19.6 Å². The lowest BCUT2D eigenvalue weighted by atomic mass is 9.78. The van der Waals surface area contributed by atoms with E-state index in [9.17, 15) is 9.59 Å². The summed E-state index contributed by atoms with van der Waals surface area (Å²) in [7, 11) is 0.